The van der Waals surface area contributed by atoms with Gasteiger partial charge in [-0.15, -0.1) is 10.2 Å². The average molecular weight is 440 g/mol. The SMILES string of the molecule is Cc1nccn1-c1ccc(Oc2ccc(NC(=O)c3ccc(C(F)(F)F)nc3)cc2)nn1. The van der Waals surface area contributed by atoms with Crippen LogP contribution < -0.4 is 10.1 Å². The van der Waals surface area contributed by atoms with Crippen LogP contribution in [0.4, 0.5) is 18.9 Å². The lowest BCUT2D eigenvalue weighted by Crippen LogP contribution is -2.14. The minimum atomic E-state index is -4.56. The number of carbonyl (C=O) groups excluding carboxylic acids is 1. The maximum Gasteiger partial charge on any atom is 0.433 e. The van der Waals surface area contributed by atoms with Crippen LogP contribution in [0.2, 0.25) is 0 Å². The first-order valence-corrected chi connectivity index (χ1v) is 9.26. The van der Waals surface area contributed by atoms with Crippen LogP contribution >= 0.6 is 0 Å². The molecule has 8 nitrogen and oxygen atoms in total. The van der Waals surface area contributed by atoms with Gasteiger partial charge in [0, 0.05) is 30.3 Å². The number of aryl methyl sites for hydroxylation is 1. The molecular formula is C21H15F3N6O2. The molecule has 1 amide bonds. The Morgan fingerprint density at radius 3 is 2.34 bits per heavy atom. The van der Waals surface area contributed by atoms with E-state index >= 15 is 0 Å². The summed E-state index contributed by atoms with van der Waals surface area (Å²) in [5.41, 5.74) is -0.632. The fourth-order valence-electron chi connectivity index (χ4n) is 2.74. The van der Waals surface area contributed by atoms with Crippen molar-refractivity contribution < 1.29 is 22.7 Å². The van der Waals surface area contributed by atoms with Gasteiger partial charge in [0.05, 0.1) is 5.56 Å². The number of hydrogen-bond donors (Lipinski definition) is 1. The fraction of sp³-hybridized carbons (Fsp3) is 0.0952. The molecule has 0 aliphatic rings. The summed E-state index contributed by atoms with van der Waals surface area (Å²) >= 11 is 0. The molecule has 0 fully saturated rings. The van der Waals surface area contributed by atoms with Gasteiger partial charge >= 0.3 is 6.18 Å². The molecule has 11 heteroatoms. The standard InChI is InChI=1S/C21H15F3N6O2/c1-13-25-10-11-30(13)18-8-9-19(29-28-18)32-16-5-3-15(4-6-16)27-20(31)14-2-7-17(26-12-14)21(22,23)24/h2-12H,1H3,(H,27,31). The van der Waals surface area contributed by atoms with Crippen molar-refractivity contribution in [3.8, 4) is 17.4 Å². The normalized spacial score (nSPS) is 11.2. The molecule has 0 saturated heterocycles. The number of aromatic nitrogens is 5. The van der Waals surface area contributed by atoms with E-state index in [1.165, 1.54) is 0 Å². The third-order valence-corrected chi connectivity index (χ3v) is 4.35. The molecule has 162 valence electrons. The van der Waals surface area contributed by atoms with Crippen LogP contribution in [0.3, 0.4) is 0 Å². The third-order valence-electron chi connectivity index (χ3n) is 4.35. The summed E-state index contributed by atoms with van der Waals surface area (Å²) in [6, 6.07) is 11.6. The molecule has 4 aromatic rings. The number of pyridine rings is 1. The molecular weight excluding hydrogens is 425 g/mol. The predicted molar refractivity (Wildman–Crippen MR) is 108 cm³/mol. The zero-order valence-corrected chi connectivity index (χ0v) is 16.5. The summed E-state index contributed by atoms with van der Waals surface area (Å²) in [7, 11) is 0. The Balaban J connectivity index is 1.38. The highest BCUT2D eigenvalue weighted by atomic mass is 19.4. The maximum absolute atomic E-state index is 12.6. The van der Waals surface area contributed by atoms with Crippen molar-refractivity contribution in [3.05, 3.63) is 84.2 Å². The molecule has 0 atom stereocenters. The minimum absolute atomic E-state index is 0.00168. The number of nitrogens with zero attached hydrogens (tertiary/aromatic N) is 5. The average Bonchev–Trinajstić information content (AvgIpc) is 3.21. The van der Waals surface area contributed by atoms with Gasteiger partial charge < -0.3 is 10.1 Å². The Bertz CT molecular complexity index is 1220. The van der Waals surface area contributed by atoms with Gasteiger partial charge in [-0.05, 0) is 49.4 Å². The van der Waals surface area contributed by atoms with Gasteiger partial charge in [0.25, 0.3) is 5.91 Å². The number of rotatable bonds is 5. The predicted octanol–water partition coefficient (Wildman–Crippen LogP) is 4.43. The van der Waals surface area contributed by atoms with Crippen LogP contribution in [0.5, 0.6) is 11.6 Å². The number of halogens is 3. The van der Waals surface area contributed by atoms with Crippen molar-refractivity contribution in [2.45, 2.75) is 13.1 Å². The summed E-state index contributed by atoms with van der Waals surface area (Å²) < 4.78 is 45.1. The molecule has 3 heterocycles. The number of amides is 1. The first kappa shape index (κ1) is 21.0. The lowest BCUT2D eigenvalue weighted by molar-refractivity contribution is -0.141. The van der Waals surface area contributed by atoms with Crippen molar-refractivity contribution in [3.63, 3.8) is 0 Å². The molecule has 0 aliphatic carbocycles. The number of alkyl halides is 3. The topological polar surface area (TPSA) is 94.8 Å². The highest BCUT2D eigenvalue weighted by Crippen LogP contribution is 2.27. The van der Waals surface area contributed by atoms with E-state index in [0.29, 0.717) is 17.3 Å². The van der Waals surface area contributed by atoms with Crippen molar-refractivity contribution in [2.24, 2.45) is 0 Å². The molecule has 3 aromatic heterocycles. The van der Waals surface area contributed by atoms with Gasteiger partial charge in [0.15, 0.2) is 5.82 Å². The first-order chi connectivity index (χ1) is 15.3. The third kappa shape index (κ3) is 4.72. The molecule has 32 heavy (non-hydrogen) atoms. The molecule has 1 N–H and O–H groups in total. The zero-order valence-electron chi connectivity index (χ0n) is 16.5. The summed E-state index contributed by atoms with van der Waals surface area (Å²) in [4.78, 5) is 19.6. The Morgan fingerprint density at radius 1 is 1.00 bits per heavy atom. The summed E-state index contributed by atoms with van der Waals surface area (Å²) in [6.07, 6.45) is -0.249. The van der Waals surface area contributed by atoms with Gasteiger partial charge in [-0.25, -0.2) is 4.98 Å². The van der Waals surface area contributed by atoms with E-state index in [2.05, 4.69) is 25.5 Å². The van der Waals surface area contributed by atoms with Crippen LogP contribution in [0.25, 0.3) is 5.82 Å². The number of carbonyl (C=O) groups is 1. The quantitative estimate of drug-likeness (QED) is 0.493. The zero-order chi connectivity index (χ0) is 22.7. The van der Waals surface area contributed by atoms with Crippen LogP contribution in [0, 0.1) is 6.92 Å². The van der Waals surface area contributed by atoms with E-state index in [1.807, 2.05) is 6.92 Å². The molecule has 0 saturated carbocycles. The lowest BCUT2D eigenvalue weighted by atomic mass is 10.2. The van der Waals surface area contributed by atoms with E-state index in [9.17, 15) is 18.0 Å². The molecule has 1 aromatic carbocycles. The second kappa shape index (κ2) is 8.46. The van der Waals surface area contributed by atoms with Gasteiger partial charge in [0.2, 0.25) is 5.88 Å². The second-order valence-corrected chi connectivity index (χ2v) is 6.58. The Kier molecular flexibility index (Phi) is 5.54. The van der Waals surface area contributed by atoms with Crippen LogP contribution in [-0.2, 0) is 6.18 Å². The number of imidazole rings is 1. The Labute approximate surface area is 179 Å². The van der Waals surface area contributed by atoms with Crippen LogP contribution in [0.1, 0.15) is 21.9 Å². The molecule has 0 spiro atoms. The molecule has 4 rings (SSSR count). The van der Waals surface area contributed by atoms with Crippen molar-refractivity contribution in [1.29, 1.82) is 0 Å². The summed E-state index contributed by atoms with van der Waals surface area (Å²) in [6.45, 7) is 1.85. The van der Waals surface area contributed by atoms with E-state index in [4.69, 9.17) is 4.74 Å². The summed E-state index contributed by atoms with van der Waals surface area (Å²) in [5.74, 6) is 1.52. The molecule has 0 unspecified atom stereocenters. The number of anilines is 1. The van der Waals surface area contributed by atoms with E-state index < -0.39 is 17.8 Å². The highest BCUT2D eigenvalue weighted by molar-refractivity contribution is 6.04. The van der Waals surface area contributed by atoms with Crippen LogP contribution in [0.15, 0.2) is 67.1 Å². The van der Waals surface area contributed by atoms with Crippen molar-refractivity contribution >= 4 is 11.6 Å². The van der Waals surface area contributed by atoms with E-state index in [0.717, 1.165) is 24.2 Å². The second-order valence-electron chi connectivity index (χ2n) is 6.58. The van der Waals surface area contributed by atoms with Crippen molar-refractivity contribution in [1.82, 2.24) is 24.7 Å². The number of nitrogens with one attached hydrogen (secondary N) is 1. The van der Waals surface area contributed by atoms with E-state index in [1.54, 1.807) is 53.4 Å². The Morgan fingerprint density at radius 2 is 1.78 bits per heavy atom. The summed E-state index contributed by atoms with van der Waals surface area (Å²) in [5, 5.41) is 10.7. The molecule has 0 aliphatic heterocycles. The monoisotopic (exact) mass is 440 g/mol. The highest BCUT2D eigenvalue weighted by Gasteiger charge is 2.32. The lowest BCUT2D eigenvalue weighted by Gasteiger charge is -2.09. The van der Waals surface area contributed by atoms with Gasteiger partial charge in [-0.3, -0.25) is 14.3 Å². The largest absolute Gasteiger partial charge is 0.438 e. The first-order valence-electron chi connectivity index (χ1n) is 9.26. The van der Waals surface area contributed by atoms with E-state index in [-0.39, 0.29) is 11.4 Å². The van der Waals surface area contributed by atoms with Gasteiger partial charge in [-0.1, -0.05) is 0 Å². The maximum atomic E-state index is 12.6. The Hall–Kier alpha value is -4.28. The molecule has 0 bridgehead atoms. The van der Waals surface area contributed by atoms with Crippen LogP contribution in [-0.4, -0.2) is 30.6 Å². The number of benzene rings is 1. The minimum Gasteiger partial charge on any atom is -0.438 e. The fourth-order valence-corrected chi connectivity index (χ4v) is 2.74. The number of ether oxygens (including phenoxy) is 1. The number of hydrogen-bond acceptors (Lipinski definition) is 6. The smallest absolute Gasteiger partial charge is 0.433 e. The van der Waals surface area contributed by atoms with Gasteiger partial charge in [-0.2, -0.15) is 13.2 Å². The molecule has 0 radical (unpaired) electrons. The van der Waals surface area contributed by atoms with Crippen molar-refractivity contribution in [2.75, 3.05) is 5.32 Å². The van der Waals surface area contributed by atoms with Gasteiger partial charge in [0.1, 0.15) is 17.3 Å².